The summed E-state index contributed by atoms with van der Waals surface area (Å²) in [5.74, 6) is -1.36. The molecule has 1 amide bonds. The van der Waals surface area contributed by atoms with E-state index >= 15 is 0 Å². The third-order valence-corrected chi connectivity index (χ3v) is 4.90. The Kier molecular flexibility index (Phi) is 5.99. The lowest BCUT2D eigenvalue weighted by Crippen LogP contribution is -2.16. The highest BCUT2D eigenvalue weighted by Crippen LogP contribution is 2.29. The molecule has 0 aliphatic carbocycles. The number of aryl methyl sites for hydroxylation is 1. The first-order valence-corrected chi connectivity index (χ1v) is 8.67. The van der Waals surface area contributed by atoms with E-state index in [0.29, 0.717) is 10.6 Å². The number of aromatic hydroxyl groups is 1. The number of carbonyl (C=O) groups excluding carboxylic acids is 2. The van der Waals surface area contributed by atoms with Crippen molar-refractivity contribution in [1.82, 2.24) is 9.97 Å². The molecule has 0 fully saturated rings. The number of ether oxygens (including phenoxy) is 1. The Hall–Kier alpha value is -2.33. The molecule has 3 N–H and O–H groups in total. The molecule has 0 spiro atoms. The van der Waals surface area contributed by atoms with Crippen LogP contribution in [0.3, 0.4) is 0 Å². The molecule has 0 aliphatic rings. The smallest absolute Gasteiger partial charge is 0.340 e. The summed E-state index contributed by atoms with van der Waals surface area (Å²) in [6.07, 6.45) is 0.730. The van der Waals surface area contributed by atoms with Crippen LogP contribution < -0.4 is 10.9 Å². The van der Waals surface area contributed by atoms with Gasteiger partial charge in [0.15, 0.2) is 5.16 Å². The zero-order valence-corrected chi connectivity index (χ0v) is 14.5. The van der Waals surface area contributed by atoms with Crippen molar-refractivity contribution in [1.29, 1.82) is 0 Å². The summed E-state index contributed by atoms with van der Waals surface area (Å²) in [5, 5.41) is 12.5. The summed E-state index contributed by atoms with van der Waals surface area (Å²) in [6.45, 7) is 1.94. The number of methoxy groups -OCH3 is 1. The van der Waals surface area contributed by atoms with Crippen LogP contribution in [0.4, 0.5) is 5.00 Å². The predicted molar refractivity (Wildman–Crippen MR) is 90.9 cm³/mol. The van der Waals surface area contributed by atoms with Gasteiger partial charge in [-0.05, 0) is 12.5 Å². The SMILES string of the molecule is CCc1cc(C(=O)OC)c(NC(=O)CSc2nc(O)cc(=O)[nH]2)s1. The van der Waals surface area contributed by atoms with Gasteiger partial charge in [-0.25, -0.2) is 4.79 Å². The molecule has 8 nitrogen and oxygen atoms in total. The van der Waals surface area contributed by atoms with Crippen molar-refractivity contribution in [3.63, 3.8) is 0 Å². The van der Waals surface area contributed by atoms with Crippen molar-refractivity contribution >= 4 is 40.0 Å². The van der Waals surface area contributed by atoms with Gasteiger partial charge in [-0.2, -0.15) is 4.98 Å². The fraction of sp³-hybridized carbons (Fsp3) is 0.286. The summed E-state index contributed by atoms with van der Waals surface area (Å²) in [6, 6.07) is 2.62. The van der Waals surface area contributed by atoms with E-state index in [1.165, 1.54) is 18.4 Å². The first-order valence-electron chi connectivity index (χ1n) is 6.87. The fourth-order valence-electron chi connectivity index (χ4n) is 1.76. The van der Waals surface area contributed by atoms with E-state index in [9.17, 15) is 19.5 Å². The first kappa shape index (κ1) is 18.0. The molecule has 0 unspecified atom stereocenters. The molecule has 0 radical (unpaired) electrons. The van der Waals surface area contributed by atoms with E-state index < -0.39 is 17.4 Å². The van der Waals surface area contributed by atoms with Gasteiger partial charge in [-0.15, -0.1) is 11.3 Å². The van der Waals surface area contributed by atoms with Gasteiger partial charge in [0.05, 0.1) is 24.5 Å². The molecule has 0 saturated heterocycles. The number of anilines is 1. The molecule has 0 atom stereocenters. The van der Waals surface area contributed by atoms with Crippen LogP contribution in [0, 0.1) is 0 Å². The Morgan fingerprint density at radius 2 is 2.21 bits per heavy atom. The zero-order chi connectivity index (χ0) is 17.7. The topological polar surface area (TPSA) is 121 Å². The number of hydrogen-bond donors (Lipinski definition) is 3. The number of hydrogen-bond acceptors (Lipinski definition) is 8. The van der Waals surface area contributed by atoms with Crippen molar-refractivity contribution in [2.24, 2.45) is 0 Å². The number of rotatable bonds is 6. The van der Waals surface area contributed by atoms with E-state index in [-0.39, 0.29) is 16.8 Å². The number of thiophene rings is 1. The number of aromatic amines is 1. The largest absolute Gasteiger partial charge is 0.493 e. The van der Waals surface area contributed by atoms with Gasteiger partial charge in [0, 0.05) is 4.88 Å². The molecular weight excluding hydrogens is 354 g/mol. The molecule has 128 valence electrons. The molecule has 2 rings (SSSR count). The normalized spacial score (nSPS) is 10.4. The van der Waals surface area contributed by atoms with Crippen LogP contribution in [0.25, 0.3) is 0 Å². The second-order valence-corrected chi connectivity index (χ2v) is 6.65. The summed E-state index contributed by atoms with van der Waals surface area (Å²) >= 11 is 2.26. The third-order valence-electron chi connectivity index (χ3n) is 2.84. The van der Waals surface area contributed by atoms with E-state index in [2.05, 4.69) is 15.3 Å². The average molecular weight is 369 g/mol. The standard InChI is InChI=1S/C14H15N3O5S2/c1-3-7-4-8(13(21)22-2)12(24-7)15-11(20)6-23-14-16-9(18)5-10(19)17-14/h4-5H,3,6H2,1-2H3,(H,15,20)(H2,16,17,18,19). The molecule has 0 aliphatic heterocycles. The molecule has 0 saturated carbocycles. The van der Waals surface area contributed by atoms with Crippen molar-refractivity contribution in [3.8, 4) is 5.88 Å². The number of nitrogens with zero attached hydrogens (tertiary/aromatic N) is 1. The molecule has 0 bridgehead atoms. The Morgan fingerprint density at radius 1 is 1.46 bits per heavy atom. The van der Waals surface area contributed by atoms with Crippen molar-refractivity contribution in [2.45, 2.75) is 18.5 Å². The first-order chi connectivity index (χ1) is 11.4. The highest BCUT2D eigenvalue weighted by atomic mass is 32.2. The molecule has 0 aromatic carbocycles. The Bertz CT molecular complexity index is 815. The second-order valence-electron chi connectivity index (χ2n) is 4.55. The highest BCUT2D eigenvalue weighted by molar-refractivity contribution is 7.99. The quantitative estimate of drug-likeness (QED) is 0.402. The lowest BCUT2D eigenvalue weighted by molar-refractivity contribution is -0.113. The van der Waals surface area contributed by atoms with Crippen molar-refractivity contribution < 1.29 is 19.4 Å². The summed E-state index contributed by atoms with van der Waals surface area (Å²) in [5.41, 5.74) is -0.203. The predicted octanol–water partition coefficient (Wildman–Crippen LogP) is 1.62. The Labute approximate surface area is 145 Å². The van der Waals surface area contributed by atoms with E-state index in [1.807, 2.05) is 6.92 Å². The van der Waals surface area contributed by atoms with Crippen LogP contribution in [0.2, 0.25) is 0 Å². The highest BCUT2D eigenvalue weighted by Gasteiger charge is 2.18. The van der Waals surface area contributed by atoms with Gasteiger partial charge in [-0.1, -0.05) is 18.7 Å². The minimum Gasteiger partial charge on any atom is -0.493 e. The van der Waals surface area contributed by atoms with Gasteiger partial charge < -0.3 is 20.1 Å². The number of amides is 1. The Balaban J connectivity index is 2.05. The maximum Gasteiger partial charge on any atom is 0.340 e. The van der Waals surface area contributed by atoms with E-state index in [0.717, 1.165) is 29.1 Å². The number of aromatic nitrogens is 2. The minimum absolute atomic E-state index is 0.0492. The molecule has 2 aromatic rings. The van der Waals surface area contributed by atoms with Crippen LogP contribution in [0.15, 0.2) is 22.1 Å². The van der Waals surface area contributed by atoms with Gasteiger partial charge in [0.2, 0.25) is 11.8 Å². The second kappa shape index (κ2) is 7.97. The maximum atomic E-state index is 12.1. The van der Waals surface area contributed by atoms with Gasteiger partial charge >= 0.3 is 5.97 Å². The third kappa shape index (κ3) is 4.59. The fourth-order valence-corrected chi connectivity index (χ4v) is 3.43. The molecular formula is C14H15N3O5S2. The van der Waals surface area contributed by atoms with Crippen LogP contribution in [0.5, 0.6) is 5.88 Å². The van der Waals surface area contributed by atoms with Crippen molar-refractivity contribution in [2.75, 3.05) is 18.2 Å². The van der Waals surface area contributed by atoms with Crippen LogP contribution in [-0.4, -0.2) is 39.8 Å². The minimum atomic E-state index is -0.520. The number of carbonyl (C=O) groups is 2. The van der Waals surface area contributed by atoms with Gasteiger partial charge in [0.25, 0.3) is 5.56 Å². The van der Waals surface area contributed by atoms with Crippen LogP contribution in [-0.2, 0) is 16.0 Å². The summed E-state index contributed by atoms with van der Waals surface area (Å²) in [7, 11) is 1.27. The zero-order valence-electron chi connectivity index (χ0n) is 12.9. The molecule has 24 heavy (non-hydrogen) atoms. The number of thioether (sulfide) groups is 1. The van der Waals surface area contributed by atoms with Crippen molar-refractivity contribution in [3.05, 3.63) is 32.9 Å². The molecule has 2 aromatic heterocycles. The van der Waals surface area contributed by atoms with Gasteiger partial charge in [-0.3, -0.25) is 9.59 Å². The number of nitrogens with one attached hydrogen (secondary N) is 2. The van der Waals surface area contributed by atoms with E-state index in [4.69, 9.17) is 4.74 Å². The number of H-pyrrole nitrogens is 1. The Morgan fingerprint density at radius 3 is 2.83 bits per heavy atom. The van der Waals surface area contributed by atoms with E-state index in [1.54, 1.807) is 6.07 Å². The summed E-state index contributed by atoms with van der Waals surface area (Å²) < 4.78 is 4.71. The van der Waals surface area contributed by atoms with Crippen LogP contribution in [0.1, 0.15) is 22.2 Å². The van der Waals surface area contributed by atoms with Crippen LogP contribution >= 0.6 is 23.1 Å². The molecule has 2 heterocycles. The lowest BCUT2D eigenvalue weighted by Gasteiger charge is -2.05. The number of esters is 1. The van der Waals surface area contributed by atoms with Gasteiger partial charge in [0.1, 0.15) is 5.00 Å². The average Bonchev–Trinajstić information content (AvgIpc) is 2.94. The monoisotopic (exact) mass is 369 g/mol. The molecule has 10 heteroatoms. The lowest BCUT2D eigenvalue weighted by atomic mass is 10.2. The maximum absolute atomic E-state index is 12.1. The summed E-state index contributed by atoms with van der Waals surface area (Å²) in [4.78, 5) is 42.1.